The first kappa shape index (κ1) is 32.2. The van der Waals surface area contributed by atoms with Gasteiger partial charge in [0.1, 0.15) is 0 Å². The van der Waals surface area contributed by atoms with Gasteiger partial charge in [0.2, 0.25) is 0 Å². The summed E-state index contributed by atoms with van der Waals surface area (Å²) in [6.45, 7) is 0. The molecule has 0 radical (unpaired) electrons. The van der Waals surface area contributed by atoms with E-state index in [-0.39, 0.29) is 0 Å². The van der Waals surface area contributed by atoms with Crippen molar-refractivity contribution in [1.29, 1.82) is 0 Å². The van der Waals surface area contributed by atoms with Crippen LogP contribution >= 0.6 is 0 Å². The summed E-state index contributed by atoms with van der Waals surface area (Å²) < 4.78 is 0. The lowest BCUT2D eigenvalue weighted by Crippen LogP contribution is -1.90. The van der Waals surface area contributed by atoms with Crippen molar-refractivity contribution >= 4 is 53.9 Å². The van der Waals surface area contributed by atoms with E-state index in [1.54, 1.807) is 0 Å². The molecule has 0 aromatic heterocycles. The third-order valence-corrected chi connectivity index (χ3v) is 11.7. The Morgan fingerprint density at radius 1 is 0.161 bits per heavy atom. The minimum Gasteiger partial charge on any atom is -0.0616 e. The summed E-state index contributed by atoms with van der Waals surface area (Å²) in [7, 11) is 0. The molecule has 11 rings (SSSR count). The zero-order chi connectivity index (χ0) is 37.0. The molecule has 11 aromatic rings. The molecule has 0 atom stereocenters. The first-order chi connectivity index (χ1) is 27.8. The van der Waals surface area contributed by atoms with Crippen LogP contribution in [0.5, 0.6) is 0 Å². The smallest absolute Gasteiger partial charge is 0.00928 e. The molecule has 0 aliphatic heterocycles. The summed E-state index contributed by atoms with van der Waals surface area (Å²) in [6, 6.07) is 80.2. The molecule has 0 aliphatic rings. The first-order valence-electron chi connectivity index (χ1n) is 19.4. The summed E-state index contributed by atoms with van der Waals surface area (Å²) >= 11 is 0. The minimum absolute atomic E-state index is 1.20. The number of fused-ring (bicyclic) bond motifs is 9. The van der Waals surface area contributed by atoms with Gasteiger partial charge in [-0.05, 0) is 122 Å². The van der Waals surface area contributed by atoms with Gasteiger partial charge in [-0.25, -0.2) is 0 Å². The summed E-state index contributed by atoms with van der Waals surface area (Å²) in [6.07, 6.45) is 0. The van der Waals surface area contributed by atoms with Crippen LogP contribution in [0.3, 0.4) is 0 Å². The quantitative estimate of drug-likeness (QED) is 0.156. The molecule has 260 valence electrons. The van der Waals surface area contributed by atoms with Crippen LogP contribution in [0.25, 0.3) is 109 Å². The molecule has 0 heteroatoms. The molecular formula is C56H36. The third kappa shape index (κ3) is 5.38. The Labute approximate surface area is 326 Å². The molecule has 0 heterocycles. The maximum Gasteiger partial charge on any atom is -0.00928 e. The van der Waals surface area contributed by atoms with Crippen LogP contribution in [0.15, 0.2) is 218 Å². The van der Waals surface area contributed by atoms with Gasteiger partial charge in [-0.3, -0.25) is 0 Å². The fraction of sp³-hybridized carbons (Fsp3) is 0. The van der Waals surface area contributed by atoms with Crippen molar-refractivity contribution in [2.24, 2.45) is 0 Å². The van der Waals surface area contributed by atoms with Crippen molar-refractivity contribution in [2.45, 2.75) is 0 Å². The Morgan fingerprint density at radius 3 is 1.05 bits per heavy atom. The molecular weight excluding hydrogens is 673 g/mol. The van der Waals surface area contributed by atoms with Crippen LogP contribution in [-0.2, 0) is 0 Å². The zero-order valence-corrected chi connectivity index (χ0v) is 30.8. The number of hydrogen-bond donors (Lipinski definition) is 0. The van der Waals surface area contributed by atoms with E-state index >= 15 is 0 Å². The highest BCUT2D eigenvalue weighted by atomic mass is 14.2. The van der Waals surface area contributed by atoms with Crippen molar-refractivity contribution in [3.63, 3.8) is 0 Å². The van der Waals surface area contributed by atoms with Gasteiger partial charge in [-0.1, -0.05) is 206 Å². The zero-order valence-electron chi connectivity index (χ0n) is 30.8. The molecule has 0 saturated carbocycles. The van der Waals surface area contributed by atoms with Crippen LogP contribution < -0.4 is 0 Å². The van der Waals surface area contributed by atoms with Gasteiger partial charge in [-0.2, -0.15) is 0 Å². The fourth-order valence-electron chi connectivity index (χ4n) is 8.90. The van der Waals surface area contributed by atoms with E-state index in [1.165, 1.54) is 109 Å². The van der Waals surface area contributed by atoms with Crippen molar-refractivity contribution in [3.05, 3.63) is 218 Å². The van der Waals surface area contributed by atoms with Gasteiger partial charge in [-0.15, -0.1) is 0 Å². The Hall–Kier alpha value is -7.28. The van der Waals surface area contributed by atoms with Crippen molar-refractivity contribution in [3.8, 4) is 55.6 Å². The molecule has 0 saturated heterocycles. The number of benzene rings is 11. The first-order valence-corrected chi connectivity index (χ1v) is 19.4. The van der Waals surface area contributed by atoms with Crippen LogP contribution in [0.2, 0.25) is 0 Å². The molecule has 0 N–H and O–H groups in total. The SMILES string of the molecule is c1ccc(-c2ccccc2-c2ccc(-c3ccc4c5ccccc5c5ccccc5c4c3)cc2)c(-c2ccc(-c3ccc4c(ccc5ccccc54)c3)cc2)c1. The molecule has 0 nitrogen and oxygen atoms in total. The molecule has 11 aromatic carbocycles. The molecule has 0 spiro atoms. The van der Waals surface area contributed by atoms with E-state index in [0.717, 1.165) is 0 Å². The van der Waals surface area contributed by atoms with Gasteiger partial charge in [0, 0.05) is 0 Å². The maximum atomic E-state index is 2.37. The second-order valence-corrected chi connectivity index (χ2v) is 14.8. The molecule has 0 aliphatic carbocycles. The predicted octanol–water partition coefficient (Wildman–Crippen LogP) is 15.8. The second kappa shape index (κ2) is 13.2. The highest BCUT2D eigenvalue weighted by Gasteiger charge is 2.14. The lowest BCUT2D eigenvalue weighted by atomic mass is 9.88. The average molecular weight is 709 g/mol. The lowest BCUT2D eigenvalue weighted by Gasteiger charge is -2.16. The molecule has 0 bridgehead atoms. The summed E-state index contributed by atoms with van der Waals surface area (Å²) in [5.41, 5.74) is 12.2. The third-order valence-electron chi connectivity index (χ3n) is 11.7. The highest BCUT2D eigenvalue weighted by molar-refractivity contribution is 6.25. The Balaban J connectivity index is 0.927. The minimum atomic E-state index is 1.20. The normalized spacial score (nSPS) is 11.6. The number of hydrogen-bond acceptors (Lipinski definition) is 0. The van der Waals surface area contributed by atoms with Gasteiger partial charge in [0.05, 0.1) is 0 Å². The van der Waals surface area contributed by atoms with Crippen LogP contribution in [0, 0.1) is 0 Å². The van der Waals surface area contributed by atoms with E-state index in [2.05, 4.69) is 218 Å². The largest absolute Gasteiger partial charge is 0.0616 e. The number of rotatable bonds is 5. The monoisotopic (exact) mass is 708 g/mol. The fourth-order valence-corrected chi connectivity index (χ4v) is 8.90. The lowest BCUT2D eigenvalue weighted by molar-refractivity contribution is 1.55. The average Bonchev–Trinajstić information content (AvgIpc) is 3.29. The summed E-state index contributed by atoms with van der Waals surface area (Å²) in [5.74, 6) is 0. The van der Waals surface area contributed by atoms with Crippen LogP contribution in [0.4, 0.5) is 0 Å². The Morgan fingerprint density at radius 2 is 0.500 bits per heavy atom. The summed E-state index contributed by atoms with van der Waals surface area (Å²) in [5, 5.41) is 12.9. The summed E-state index contributed by atoms with van der Waals surface area (Å²) in [4.78, 5) is 0. The topological polar surface area (TPSA) is 0 Å². The van der Waals surface area contributed by atoms with Gasteiger partial charge in [0.15, 0.2) is 0 Å². The molecule has 0 fully saturated rings. The van der Waals surface area contributed by atoms with E-state index in [1.807, 2.05) is 0 Å². The van der Waals surface area contributed by atoms with Crippen LogP contribution in [-0.4, -0.2) is 0 Å². The van der Waals surface area contributed by atoms with Crippen molar-refractivity contribution in [1.82, 2.24) is 0 Å². The molecule has 0 unspecified atom stereocenters. The highest BCUT2D eigenvalue weighted by Crippen LogP contribution is 2.41. The van der Waals surface area contributed by atoms with Crippen molar-refractivity contribution in [2.75, 3.05) is 0 Å². The van der Waals surface area contributed by atoms with Gasteiger partial charge >= 0.3 is 0 Å². The second-order valence-electron chi connectivity index (χ2n) is 14.8. The maximum absolute atomic E-state index is 2.37. The van der Waals surface area contributed by atoms with Gasteiger partial charge < -0.3 is 0 Å². The Bertz CT molecular complexity index is 3240. The van der Waals surface area contributed by atoms with E-state index in [4.69, 9.17) is 0 Å². The Kier molecular flexibility index (Phi) is 7.60. The predicted molar refractivity (Wildman–Crippen MR) is 241 cm³/mol. The van der Waals surface area contributed by atoms with Crippen molar-refractivity contribution < 1.29 is 0 Å². The van der Waals surface area contributed by atoms with Gasteiger partial charge in [0.25, 0.3) is 0 Å². The molecule has 0 amide bonds. The van der Waals surface area contributed by atoms with E-state index in [0.29, 0.717) is 0 Å². The van der Waals surface area contributed by atoms with E-state index < -0.39 is 0 Å². The van der Waals surface area contributed by atoms with Crippen LogP contribution in [0.1, 0.15) is 0 Å². The standard InChI is InChI=1S/C56H36/c1-2-12-45-39(11-1)29-30-44-35-42(31-33-48(44)45)37-21-25-40(26-22-37)46-13-3-5-15-49(46)50-16-6-4-14-47(50)41-27-23-38(24-28-41)43-32-34-55-53-19-8-7-17-51(53)52-18-9-10-20-54(52)56(55)36-43/h1-36H. The van der Waals surface area contributed by atoms with E-state index in [9.17, 15) is 0 Å². The molecule has 56 heavy (non-hydrogen) atoms.